The van der Waals surface area contributed by atoms with Crippen LogP contribution in [0, 0.1) is 0 Å². The summed E-state index contributed by atoms with van der Waals surface area (Å²) < 4.78 is 24.4. The van der Waals surface area contributed by atoms with Gasteiger partial charge < -0.3 is 5.32 Å². The van der Waals surface area contributed by atoms with E-state index < -0.39 is 10.0 Å². The molecule has 0 radical (unpaired) electrons. The topological polar surface area (TPSA) is 66.5 Å². The number of hydrogen-bond acceptors (Lipinski definition) is 3. The summed E-state index contributed by atoms with van der Waals surface area (Å²) in [5.41, 5.74) is 4.96. The molecule has 2 aromatic carbocycles. The summed E-state index contributed by atoms with van der Waals surface area (Å²) >= 11 is 0. The summed E-state index contributed by atoms with van der Waals surface area (Å²) in [5.74, 6) is -0.172. The zero-order valence-corrected chi connectivity index (χ0v) is 16.8. The second kappa shape index (κ2) is 7.72. The first-order valence-electron chi connectivity index (χ1n) is 9.22. The SMILES string of the molecule is C[C@@H](NC(=O)c1ccc(N(C)S(C)(=O)=O)cc1)c1ccc2c(c1)CCCC2. The summed E-state index contributed by atoms with van der Waals surface area (Å²) in [6.07, 6.45) is 5.88. The van der Waals surface area contributed by atoms with E-state index in [-0.39, 0.29) is 11.9 Å². The van der Waals surface area contributed by atoms with Crippen LogP contribution in [-0.2, 0) is 22.9 Å². The van der Waals surface area contributed by atoms with E-state index in [1.807, 2.05) is 6.92 Å². The normalized spacial score (nSPS) is 14.9. The smallest absolute Gasteiger partial charge is 0.251 e. The maximum absolute atomic E-state index is 12.6. The minimum atomic E-state index is -3.32. The maximum Gasteiger partial charge on any atom is 0.251 e. The van der Waals surface area contributed by atoms with Crippen LogP contribution in [-0.4, -0.2) is 27.6 Å². The van der Waals surface area contributed by atoms with Crippen molar-refractivity contribution in [2.45, 2.75) is 38.6 Å². The monoisotopic (exact) mass is 386 g/mol. The Kier molecular flexibility index (Phi) is 5.56. The fraction of sp³-hybridized carbons (Fsp3) is 0.381. The Labute approximate surface area is 161 Å². The number of nitrogens with zero attached hydrogens (tertiary/aromatic N) is 1. The van der Waals surface area contributed by atoms with Crippen molar-refractivity contribution in [2.24, 2.45) is 0 Å². The maximum atomic E-state index is 12.6. The molecule has 0 fully saturated rings. The number of carbonyl (C=O) groups excluding carboxylic acids is 1. The predicted octanol–water partition coefficient (Wildman–Crippen LogP) is 3.45. The molecule has 1 amide bonds. The van der Waals surface area contributed by atoms with Gasteiger partial charge in [0, 0.05) is 12.6 Å². The summed E-state index contributed by atoms with van der Waals surface area (Å²) in [5, 5.41) is 3.03. The number of aryl methyl sites for hydroxylation is 2. The molecule has 6 heteroatoms. The first kappa shape index (κ1) is 19.4. The van der Waals surface area contributed by atoms with E-state index in [1.54, 1.807) is 24.3 Å². The Hall–Kier alpha value is -2.34. The van der Waals surface area contributed by atoms with Crippen molar-refractivity contribution < 1.29 is 13.2 Å². The van der Waals surface area contributed by atoms with Gasteiger partial charge in [0.25, 0.3) is 5.91 Å². The van der Waals surface area contributed by atoms with Crippen LogP contribution in [0.2, 0.25) is 0 Å². The highest BCUT2D eigenvalue weighted by molar-refractivity contribution is 7.92. The van der Waals surface area contributed by atoms with E-state index in [0.29, 0.717) is 11.3 Å². The minimum Gasteiger partial charge on any atom is -0.346 e. The van der Waals surface area contributed by atoms with E-state index in [9.17, 15) is 13.2 Å². The third-order valence-electron chi connectivity index (χ3n) is 5.21. The molecule has 1 atom stereocenters. The number of amides is 1. The number of sulfonamides is 1. The van der Waals surface area contributed by atoms with Gasteiger partial charge in [-0.1, -0.05) is 18.2 Å². The summed E-state index contributed by atoms with van der Waals surface area (Å²) in [4.78, 5) is 12.6. The van der Waals surface area contributed by atoms with E-state index in [1.165, 1.54) is 35.3 Å². The van der Waals surface area contributed by atoms with Gasteiger partial charge in [0.1, 0.15) is 0 Å². The Morgan fingerprint density at radius 2 is 1.67 bits per heavy atom. The highest BCUT2D eigenvalue weighted by atomic mass is 32.2. The molecule has 0 aromatic heterocycles. The average Bonchev–Trinajstić information content (AvgIpc) is 2.66. The molecule has 0 heterocycles. The Morgan fingerprint density at radius 3 is 2.30 bits per heavy atom. The van der Waals surface area contributed by atoms with E-state index in [4.69, 9.17) is 0 Å². The molecule has 0 bridgehead atoms. The molecule has 1 aliphatic rings. The average molecular weight is 387 g/mol. The van der Waals surface area contributed by atoms with Gasteiger partial charge in [-0.2, -0.15) is 0 Å². The van der Waals surface area contributed by atoms with Gasteiger partial charge in [-0.05, 0) is 73.6 Å². The fourth-order valence-corrected chi connectivity index (χ4v) is 3.90. The van der Waals surface area contributed by atoms with Gasteiger partial charge >= 0.3 is 0 Å². The van der Waals surface area contributed by atoms with E-state index >= 15 is 0 Å². The van der Waals surface area contributed by atoms with Crippen LogP contribution in [0.15, 0.2) is 42.5 Å². The molecule has 0 saturated carbocycles. The van der Waals surface area contributed by atoms with E-state index in [0.717, 1.165) is 24.7 Å². The number of carbonyl (C=O) groups is 1. The van der Waals surface area contributed by atoms with Crippen molar-refractivity contribution in [3.8, 4) is 0 Å². The summed E-state index contributed by atoms with van der Waals surface area (Å²) in [6.45, 7) is 1.98. The molecule has 3 rings (SSSR count). The number of anilines is 1. The highest BCUT2D eigenvalue weighted by Gasteiger charge is 2.16. The molecule has 0 saturated heterocycles. The number of hydrogen-bond donors (Lipinski definition) is 1. The largest absolute Gasteiger partial charge is 0.346 e. The van der Waals surface area contributed by atoms with E-state index in [2.05, 4.69) is 23.5 Å². The van der Waals surface area contributed by atoms with Gasteiger partial charge in [-0.3, -0.25) is 9.10 Å². The van der Waals surface area contributed by atoms with Crippen molar-refractivity contribution in [3.63, 3.8) is 0 Å². The Balaban J connectivity index is 1.69. The van der Waals surface area contributed by atoms with Gasteiger partial charge in [0.2, 0.25) is 10.0 Å². The first-order chi connectivity index (χ1) is 12.8. The molecule has 5 nitrogen and oxygen atoms in total. The molecule has 0 spiro atoms. The van der Waals surface area contributed by atoms with Gasteiger partial charge in [-0.15, -0.1) is 0 Å². The summed E-state index contributed by atoms with van der Waals surface area (Å²) in [7, 11) is -1.83. The second-order valence-electron chi connectivity index (χ2n) is 7.21. The molecule has 0 unspecified atom stereocenters. The van der Waals surface area contributed by atoms with Crippen LogP contribution in [0.1, 0.15) is 52.9 Å². The van der Waals surface area contributed by atoms with Gasteiger partial charge in [0.05, 0.1) is 18.0 Å². The van der Waals surface area contributed by atoms with Crippen LogP contribution in [0.3, 0.4) is 0 Å². The van der Waals surface area contributed by atoms with Crippen molar-refractivity contribution in [1.82, 2.24) is 5.32 Å². The second-order valence-corrected chi connectivity index (χ2v) is 9.22. The minimum absolute atomic E-state index is 0.0944. The standard InChI is InChI=1S/C21H26N2O3S/c1-15(18-9-8-16-6-4-5-7-19(16)14-18)22-21(24)17-10-12-20(13-11-17)23(2)27(3,25)26/h8-15H,4-7H2,1-3H3,(H,22,24)/t15-/m1/s1. The van der Waals surface area contributed by atoms with Crippen LogP contribution in [0.4, 0.5) is 5.69 Å². The fourth-order valence-electron chi connectivity index (χ4n) is 3.40. The molecule has 1 N–H and O–H groups in total. The van der Waals surface area contributed by atoms with Crippen molar-refractivity contribution in [3.05, 3.63) is 64.7 Å². The molecule has 2 aromatic rings. The quantitative estimate of drug-likeness (QED) is 0.856. The zero-order valence-electron chi connectivity index (χ0n) is 16.0. The number of fused-ring (bicyclic) bond motifs is 1. The Bertz CT molecular complexity index is 936. The first-order valence-corrected chi connectivity index (χ1v) is 11.1. The lowest BCUT2D eigenvalue weighted by molar-refractivity contribution is 0.0940. The van der Waals surface area contributed by atoms with Crippen LogP contribution in [0.25, 0.3) is 0 Å². The third-order valence-corrected chi connectivity index (χ3v) is 6.42. The molecular formula is C21H26N2O3S. The van der Waals surface area contributed by atoms with Gasteiger partial charge in [-0.25, -0.2) is 8.42 Å². The predicted molar refractivity (Wildman–Crippen MR) is 109 cm³/mol. The molecule has 27 heavy (non-hydrogen) atoms. The summed E-state index contributed by atoms with van der Waals surface area (Å²) in [6, 6.07) is 13.0. The lowest BCUT2D eigenvalue weighted by Crippen LogP contribution is -2.27. The van der Waals surface area contributed by atoms with Crippen LogP contribution >= 0.6 is 0 Å². The zero-order chi connectivity index (χ0) is 19.6. The lowest BCUT2D eigenvalue weighted by atomic mass is 9.89. The molecular weight excluding hydrogens is 360 g/mol. The number of rotatable bonds is 5. The Morgan fingerprint density at radius 1 is 1.04 bits per heavy atom. The molecule has 0 aliphatic heterocycles. The lowest BCUT2D eigenvalue weighted by Gasteiger charge is -2.20. The third kappa shape index (κ3) is 4.50. The highest BCUT2D eigenvalue weighted by Crippen LogP contribution is 2.25. The van der Waals surface area contributed by atoms with Gasteiger partial charge in [0.15, 0.2) is 0 Å². The van der Waals surface area contributed by atoms with Crippen LogP contribution < -0.4 is 9.62 Å². The number of benzene rings is 2. The molecule has 144 valence electrons. The van der Waals surface area contributed by atoms with Crippen molar-refractivity contribution >= 4 is 21.6 Å². The van der Waals surface area contributed by atoms with Crippen molar-refractivity contribution in [1.29, 1.82) is 0 Å². The van der Waals surface area contributed by atoms with Crippen LogP contribution in [0.5, 0.6) is 0 Å². The van der Waals surface area contributed by atoms with Crippen molar-refractivity contribution in [2.75, 3.05) is 17.6 Å². The molecule has 1 aliphatic carbocycles. The number of nitrogens with one attached hydrogen (secondary N) is 1.